The highest BCUT2D eigenvalue weighted by molar-refractivity contribution is 5.95. The van der Waals surface area contributed by atoms with E-state index in [0.29, 0.717) is 31.3 Å². The molecule has 2 aromatic rings. The van der Waals surface area contributed by atoms with Crippen LogP contribution in [0.4, 0.5) is 0 Å². The molecule has 1 unspecified atom stereocenters. The molecule has 1 aliphatic rings. The van der Waals surface area contributed by atoms with Crippen molar-refractivity contribution in [1.29, 1.82) is 0 Å². The molecule has 0 amide bonds. The van der Waals surface area contributed by atoms with Crippen molar-refractivity contribution in [2.24, 2.45) is 21.5 Å². The number of hydrogen-bond donors (Lipinski definition) is 3. The highest BCUT2D eigenvalue weighted by Gasteiger charge is 2.25. The van der Waals surface area contributed by atoms with Gasteiger partial charge in [-0.1, -0.05) is 48.0 Å². The van der Waals surface area contributed by atoms with Gasteiger partial charge in [0.25, 0.3) is 0 Å². The fourth-order valence-electron chi connectivity index (χ4n) is 3.04. The summed E-state index contributed by atoms with van der Waals surface area (Å²) < 4.78 is 5.84. The Hall–Kier alpha value is -3.06. The van der Waals surface area contributed by atoms with Gasteiger partial charge in [0, 0.05) is 12.1 Å². The Labute approximate surface area is 159 Å². The highest BCUT2D eigenvalue weighted by Crippen LogP contribution is 2.25. The standard InChI is InChI=1S/C20H25N5O2/c1-14-8-9-17(16(12-14)13-26)27-11-5-10-25-18(15-6-3-2-4-7-15)23-19(21)24-20(25)22/h2-4,6-9,12,18,26H,5,10-11,13H2,1H3,(H4,21,22,23,24). The second kappa shape index (κ2) is 8.55. The van der Waals surface area contributed by atoms with Gasteiger partial charge in [0.15, 0.2) is 6.17 Å². The van der Waals surface area contributed by atoms with Crippen LogP contribution in [-0.2, 0) is 6.61 Å². The van der Waals surface area contributed by atoms with Crippen molar-refractivity contribution in [2.45, 2.75) is 26.1 Å². The molecule has 7 heteroatoms. The lowest BCUT2D eigenvalue weighted by Crippen LogP contribution is -2.44. The predicted octanol–water partition coefficient (Wildman–Crippen LogP) is 1.90. The number of ether oxygens (including phenoxy) is 1. The lowest BCUT2D eigenvalue weighted by Gasteiger charge is -2.32. The van der Waals surface area contributed by atoms with Crippen molar-refractivity contribution in [3.63, 3.8) is 0 Å². The van der Waals surface area contributed by atoms with Crippen molar-refractivity contribution in [3.8, 4) is 5.75 Å². The summed E-state index contributed by atoms with van der Waals surface area (Å²) in [6.45, 7) is 3.04. The van der Waals surface area contributed by atoms with Crippen LogP contribution in [0.1, 0.15) is 29.3 Å². The van der Waals surface area contributed by atoms with Gasteiger partial charge in [-0.15, -0.1) is 0 Å². The molecular weight excluding hydrogens is 342 g/mol. The minimum Gasteiger partial charge on any atom is -0.493 e. The van der Waals surface area contributed by atoms with Crippen LogP contribution in [0.2, 0.25) is 0 Å². The van der Waals surface area contributed by atoms with Crippen LogP contribution < -0.4 is 16.2 Å². The number of aliphatic hydroxyl groups excluding tert-OH is 1. The number of nitrogens with zero attached hydrogens (tertiary/aromatic N) is 3. The largest absolute Gasteiger partial charge is 0.493 e. The van der Waals surface area contributed by atoms with E-state index < -0.39 is 0 Å². The summed E-state index contributed by atoms with van der Waals surface area (Å²) in [7, 11) is 0. The summed E-state index contributed by atoms with van der Waals surface area (Å²) in [4.78, 5) is 10.4. The minimum atomic E-state index is -0.295. The molecule has 5 N–H and O–H groups in total. The van der Waals surface area contributed by atoms with Crippen molar-refractivity contribution in [3.05, 3.63) is 65.2 Å². The fraction of sp³-hybridized carbons (Fsp3) is 0.300. The minimum absolute atomic E-state index is 0.0488. The Morgan fingerprint density at radius 2 is 1.93 bits per heavy atom. The molecule has 142 valence electrons. The number of hydrogen-bond acceptors (Lipinski definition) is 7. The number of aryl methyl sites for hydroxylation is 1. The third kappa shape index (κ3) is 4.57. The van der Waals surface area contributed by atoms with E-state index in [9.17, 15) is 5.11 Å². The van der Waals surface area contributed by atoms with E-state index in [1.807, 2.05) is 60.4 Å². The molecule has 0 spiro atoms. The maximum Gasteiger partial charge on any atom is 0.220 e. The van der Waals surface area contributed by atoms with Crippen molar-refractivity contribution < 1.29 is 9.84 Å². The van der Waals surface area contributed by atoms with Crippen LogP contribution in [0.15, 0.2) is 58.5 Å². The first kappa shape index (κ1) is 18.7. The molecule has 1 heterocycles. The fourth-order valence-corrected chi connectivity index (χ4v) is 3.04. The van der Waals surface area contributed by atoms with Crippen molar-refractivity contribution in [2.75, 3.05) is 13.2 Å². The van der Waals surface area contributed by atoms with Crippen molar-refractivity contribution in [1.82, 2.24) is 4.90 Å². The quantitative estimate of drug-likeness (QED) is 0.648. The Kier molecular flexibility index (Phi) is 5.93. The first-order chi connectivity index (χ1) is 13.1. The second-order valence-corrected chi connectivity index (χ2v) is 6.41. The smallest absolute Gasteiger partial charge is 0.220 e. The van der Waals surface area contributed by atoms with Gasteiger partial charge in [-0.25, -0.2) is 4.99 Å². The molecule has 2 aromatic carbocycles. The van der Waals surface area contributed by atoms with E-state index in [1.54, 1.807) is 0 Å². The number of nitrogens with two attached hydrogens (primary N) is 2. The number of aliphatic hydroxyl groups is 1. The maximum absolute atomic E-state index is 9.48. The molecule has 7 nitrogen and oxygen atoms in total. The average molecular weight is 367 g/mol. The van der Waals surface area contributed by atoms with Crippen LogP contribution in [0, 0.1) is 6.92 Å². The van der Waals surface area contributed by atoms with Gasteiger partial charge in [0.1, 0.15) is 5.75 Å². The van der Waals surface area contributed by atoms with Crippen LogP contribution in [0.3, 0.4) is 0 Å². The van der Waals surface area contributed by atoms with Crippen molar-refractivity contribution >= 4 is 11.9 Å². The first-order valence-electron chi connectivity index (χ1n) is 8.90. The third-order valence-electron chi connectivity index (χ3n) is 4.36. The van der Waals surface area contributed by atoms with E-state index in [1.165, 1.54) is 0 Å². The predicted molar refractivity (Wildman–Crippen MR) is 106 cm³/mol. The summed E-state index contributed by atoms with van der Waals surface area (Å²) in [5.74, 6) is 1.23. The number of benzene rings is 2. The normalized spacial score (nSPS) is 16.7. The number of guanidine groups is 2. The van der Waals surface area contributed by atoms with Gasteiger partial charge in [-0.2, -0.15) is 4.99 Å². The lowest BCUT2D eigenvalue weighted by molar-refractivity contribution is 0.244. The maximum atomic E-state index is 9.48. The van der Waals surface area contributed by atoms with E-state index in [4.69, 9.17) is 16.2 Å². The molecule has 0 aromatic heterocycles. The number of aliphatic imine (C=N–C) groups is 2. The summed E-state index contributed by atoms with van der Waals surface area (Å²) >= 11 is 0. The molecule has 0 saturated heterocycles. The molecule has 0 fully saturated rings. The molecule has 1 aliphatic heterocycles. The Balaban J connectivity index is 1.63. The summed E-state index contributed by atoms with van der Waals surface area (Å²) in [6, 6.07) is 15.6. The van der Waals surface area contributed by atoms with Gasteiger partial charge >= 0.3 is 0 Å². The Morgan fingerprint density at radius 1 is 1.15 bits per heavy atom. The number of rotatable bonds is 7. The van der Waals surface area contributed by atoms with Gasteiger partial charge in [0.05, 0.1) is 13.2 Å². The molecule has 27 heavy (non-hydrogen) atoms. The highest BCUT2D eigenvalue weighted by atomic mass is 16.5. The SMILES string of the molecule is Cc1ccc(OCCCN2C(N)=NC(N)=NC2c2ccccc2)c(CO)c1. The summed E-state index contributed by atoms with van der Waals surface area (Å²) in [5, 5.41) is 9.48. The lowest BCUT2D eigenvalue weighted by atomic mass is 10.1. The second-order valence-electron chi connectivity index (χ2n) is 6.41. The van der Waals surface area contributed by atoms with Crippen LogP contribution >= 0.6 is 0 Å². The zero-order chi connectivity index (χ0) is 19.2. The van der Waals surface area contributed by atoms with Crippen LogP contribution in [0.5, 0.6) is 5.75 Å². The van der Waals surface area contributed by atoms with Gasteiger partial charge in [0.2, 0.25) is 11.9 Å². The molecule has 0 saturated carbocycles. The van der Waals surface area contributed by atoms with Gasteiger partial charge < -0.3 is 26.2 Å². The Morgan fingerprint density at radius 3 is 2.67 bits per heavy atom. The monoisotopic (exact) mass is 367 g/mol. The molecule has 0 radical (unpaired) electrons. The van der Waals surface area contributed by atoms with Crippen LogP contribution in [-0.4, -0.2) is 35.1 Å². The van der Waals surface area contributed by atoms with Crippen LogP contribution in [0.25, 0.3) is 0 Å². The zero-order valence-corrected chi connectivity index (χ0v) is 15.4. The third-order valence-corrected chi connectivity index (χ3v) is 4.36. The van der Waals surface area contributed by atoms with E-state index in [0.717, 1.165) is 16.7 Å². The molecule has 3 rings (SSSR count). The molecule has 0 aliphatic carbocycles. The average Bonchev–Trinajstić information content (AvgIpc) is 2.67. The molecule has 1 atom stereocenters. The zero-order valence-electron chi connectivity index (χ0n) is 15.4. The van der Waals surface area contributed by atoms with E-state index in [-0.39, 0.29) is 18.7 Å². The summed E-state index contributed by atoms with van der Waals surface area (Å²) in [6.07, 6.45) is 0.421. The summed E-state index contributed by atoms with van der Waals surface area (Å²) in [5.41, 5.74) is 14.8. The molecular formula is C20H25N5O2. The first-order valence-corrected chi connectivity index (χ1v) is 8.90. The van der Waals surface area contributed by atoms with E-state index in [2.05, 4.69) is 9.98 Å². The Bertz CT molecular complexity index is 836. The van der Waals surface area contributed by atoms with Gasteiger partial charge in [-0.05, 0) is 25.0 Å². The van der Waals surface area contributed by atoms with Gasteiger partial charge in [-0.3, -0.25) is 0 Å². The molecule has 0 bridgehead atoms. The van der Waals surface area contributed by atoms with E-state index >= 15 is 0 Å². The topological polar surface area (TPSA) is 109 Å².